The Hall–Kier alpha value is -2.79. The molecule has 5 aliphatic rings. The molecule has 0 aromatic carbocycles. The van der Waals surface area contributed by atoms with Gasteiger partial charge in [0.05, 0.1) is 23.3 Å². The van der Waals surface area contributed by atoms with Crippen LogP contribution < -0.4 is 20.3 Å². The molecule has 2 aromatic rings. The van der Waals surface area contributed by atoms with Crippen LogP contribution in [0.15, 0.2) is 0 Å². The summed E-state index contributed by atoms with van der Waals surface area (Å²) in [5.74, 6) is 0.801. The first-order chi connectivity index (χ1) is 18.8. The molecule has 4 aliphatic heterocycles. The number of alkyl halides is 1. The molecule has 7 rings (SSSR count). The van der Waals surface area contributed by atoms with Crippen LogP contribution in [0.4, 0.5) is 21.3 Å². The summed E-state index contributed by atoms with van der Waals surface area (Å²) in [5, 5.41) is 30.9. The number of β-amino-alcohol motifs (C(OH)–C–C–N with tert-alkyl or cyclic N) is 2. The molecule has 4 N–H and O–H groups in total. The van der Waals surface area contributed by atoms with E-state index in [4.69, 9.17) is 15.5 Å². The van der Waals surface area contributed by atoms with Crippen LogP contribution in [0.2, 0.25) is 0 Å². The molecule has 4 fully saturated rings. The van der Waals surface area contributed by atoms with Gasteiger partial charge in [0.2, 0.25) is 11.9 Å². The first kappa shape index (κ1) is 25.2. The monoisotopic (exact) mass is 556 g/mol. The Bertz CT molecular complexity index is 1320. The topological polar surface area (TPSA) is 148 Å². The molecule has 0 saturated carbocycles. The number of fused-ring (bicyclic) bond motifs is 3. The quantitative estimate of drug-likeness (QED) is 0.484. The van der Waals surface area contributed by atoms with E-state index >= 15 is 0 Å². The summed E-state index contributed by atoms with van der Waals surface area (Å²) in [6, 6.07) is 2.47. The van der Waals surface area contributed by atoms with Crippen molar-refractivity contribution < 1.29 is 19.3 Å². The number of aryl methyl sites for hydroxylation is 1. The first-order valence-corrected chi connectivity index (χ1v) is 14.5. The van der Waals surface area contributed by atoms with Gasteiger partial charge in [-0.05, 0) is 37.8 Å². The van der Waals surface area contributed by atoms with Gasteiger partial charge in [0.25, 0.3) is 0 Å². The number of anilines is 3. The van der Waals surface area contributed by atoms with Crippen molar-refractivity contribution in [2.75, 3.05) is 61.4 Å². The van der Waals surface area contributed by atoms with Crippen LogP contribution in [0.25, 0.3) is 0 Å². The zero-order chi connectivity index (χ0) is 26.9. The third-order valence-corrected chi connectivity index (χ3v) is 10.3. The highest BCUT2D eigenvalue weighted by atomic mass is 32.1. The Labute approximate surface area is 230 Å². The van der Waals surface area contributed by atoms with Gasteiger partial charge in [-0.2, -0.15) is 20.2 Å². The van der Waals surface area contributed by atoms with E-state index in [1.54, 1.807) is 4.90 Å². The van der Waals surface area contributed by atoms with E-state index < -0.39 is 18.4 Å². The molecule has 0 radical (unpaired) electrons. The molecule has 6 heterocycles. The Morgan fingerprint density at radius 2 is 1.85 bits per heavy atom. The number of nitrogens with zero attached hydrogens (tertiary/aromatic N) is 7. The Kier molecular flexibility index (Phi) is 5.89. The maximum atomic E-state index is 14.3. The van der Waals surface area contributed by atoms with Crippen LogP contribution in [0.5, 0.6) is 6.01 Å². The summed E-state index contributed by atoms with van der Waals surface area (Å²) in [4.78, 5) is 21.2. The second-order valence-corrected chi connectivity index (χ2v) is 13.1. The lowest BCUT2D eigenvalue weighted by Gasteiger charge is -2.48. The fraction of sp³-hybridized carbons (Fsp3) is 0.692. The van der Waals surface area contributed by atoms with Crippen LogP contribution in [-0.2, 0) is 11.8 Å². The number of aliphatic hydroxyl groups excluding tert-OH is 2. The van der Waals surface area contributed by atoms with Crippen molar-refractivity contribution in [3.63, 3.8) is 0 Å². The van der Waals surface area contributed by atoms with Crippen LogP contribution >= 0.6 is 11.3 Å². The molecule has 11 nitrogen and oxygen atoms in total. The third kappa shape index (κ3) is 4.11. The second kappa shape index (κ2) is 9.12. The lowest BCUT2D eigenvalue weighted by molar-refractivity contribution is 0.0643. The first-order valence-electron chi connectivity index (χ1n) is 13.7. The van der Waals surface area contributed by atoms with Crippen molar-refractivity contribution in [2.45, 2.75) is 67.9 Å². The summed E-state index contributed by atoms with van der Waals surface area (Å²) in [7, 11) is 0. The SMILES string of the molecule is N#Cc1c(N)sc2c1C1(CC2)CN(c2nc(OC[C@@]34CCCN3CC(F)C4)nc(N3C[C@H](O)C[C@@H](O)C3)n2)C1. The minimum atomic E-state index is -0.854. The van der Waals surface area contributed by atoms with Gasteiger partial charge in [0.15, 0.2) is 0 Å². The minimum absolute atomic E-state index is 0.150. The molecule has 4 atom stereocenters. The molecule has 208 valence electrons. The van der Waals surface area contributed by atoms with Gasteiger partial charge in [-0.1, -0.05) is 0 Å². The van der Waals surface area contributed by atoms with Crippen molar-refractivity contribution in [2.24, 2.45) is 0 Å². The van der Waals surface area contributed by atoms with Crippen LogP contribution in [-0.4, -0.2) is 99.9 Å². The fourth-order valence-corrected chi connectivity index (χ4v) is 8.65. The zero-order valence-corrected chi connectivity index (χ0v) is 22.5. The molecule has 2 aromatic heterocycles. The number of aromatic nitrogens is 3. The Balaban J connectivity index is 1.17. The highest BCUT2D eigenvalue weighted by Gasteiger charge is 2.52. The summed E-state index contributed by atoms with van der Waals surface area (Å²) in [6.07, 6.45) is 2.28. The number of nitriles is 1. The maximum Gasteiger partial charge on any atom is 0.323 e. The molecule has 0 amide bonds. The van der Waals surface area contributed by atoms with Gasteiger partial charge < -0.3 is 30.5 Å². The minimum Gasteiger partial charge on any atom is -0.461 e. The van der Waals surface area contributed by atoms with Crippen molar-refractivity contribution >= 4 is 28.2 Å². The summed E-state index contributed by atoms with van der Waals surface area (Å²) >= 11 is 1.52. The third-order valence-electron chi connectivity index (χ3n) is 9.26. The van der Waals surface area contributed by atoms with Gasteiger partial charge in [-0.3, -0.25) is 4.90 Å². The largest absolute Gasteiger partial charge is 0.461 e. The van der Waals surface area contributed by atoms with Crippen LogP contribution in [0.3, 0.4) is 0 Å². The molecule has 1 spiro atoms. The number of piperidine rings is 1. The standard InChI is InChI=1S/C26H33FN8O3S/c27-15-7-26(3-1-5-35(26)9-15)14-38-24-31-22(33-10-16(36)6-17(37)11-33)30-23(32-24)34-12-25(13-34)4-2-19-20(25)18(8-28)21(29)39-19/h15-17,36-37H,1-7,9-14,29H2/t15?,16-,17-,26+/m1/s1. The van der Waals surface area contributed by atoms with Gasteiger partial charge in [-0.25, -0.2) is 4.39 Å². The highest BCUT2D eigenvalue weighted by molar-refractivity contribution is 7.16. The lowest BCUT2D eigenvalue weighted by Crippen LogP contribution is -2.59. The van der Waals surface area contributed by atoms with Crippen molar-refractivity contribution in [3.05, 3.63) is 16.0 Å². The average Bonchev–Trinajstić information content (AvgIpc) is 3.59. The van der Waals surface area contributed by atoms with E-state index in [0.29, 0.717) is 74.6 Å². The summed E-state index contributed by atoms with van der Waals surface area (Å²) < 4.78 is 20.5. The van der Waals surface area contributed by atoms with Crippen LogP contribution in [0, 0.1) is 11.3 Å². The molecule has 1 unspecified atom stereocenters. The van der Waals surface area contributed by atoms with Crippen molar-refractivity contribution in [3.8, 4) is 12.1 Å². The molecule has 39 heavy (non-hydrogen) atoms. The average molecular weight is 557 g/mol. The van der Waals surface area contributed by atoms with Crippen molar-refractivity contribution in [1.29, 1.82) is 5.26 Å². The lowest BCUT2D eigenvalue weighted by atomic mass is 9.74. The number of halogens is 1. The number of thiophene rings is 1. The molecule has 13 heteroatoms. The zero-order valence-electron chi connectivity index (χ0n) is 21.7. The normalized spacial score (nSPS) is 31.3. The van der Waals surface area contributed by atoms with Gasteiger partial charge in [0, 0.05) is 55.9 Å². The molecule has 0 bridgehead atoms. The van der Waals surface area contributed by atoms with Crippen LogP contribution in [0.1, 0.15) is 48.1 Å². The Morgan fingerprint density at radius 3 is 2.59 bits per heavy atom. The highest BCUT2D eigenvalue weighted by Crippen LogP contribution is 2.52. The molecule has 4 saturated heterocycles. The van der Waals surface area contributed by atoms with E-state index in [2.05, 4.69) is 25.8 Å². The van der Waals surface area contributed by atoms with Gasteiger partial charge in [-0.15, -0.1) is 11.3 Å². The number of ether oxygens (including phenoxy) is 1. The molecular formula is C26H33FN8O3S. The number of rotatable bonds is 5. The predicted molar refractivity (Wildman–Crippen MR) is 143 cm³/mol. The number of nitrogens with two attached hydrogens (primary N) is 1. The number of hydrogen-bond donors (Lipinski definition) is 3. The van der Waals surface area contributed by atoms with Crippen molar-refractivity contribution in [1.82, 2.24) is 19.9 Å². The van der Waals surface area contributed by atoms with E-state index in [-0.39, 0.29) is 17.0 Å². The number of aliphatic hydroxyl groups is 2. The van der Waals surface area contributed by atoms with E-state index in [1.807, 2.05) is 0 Å². The van der Waals surface area contributed by atoms with E-state index in [9.17, 15) is 19.9 Å². The Morgan fingerprint density at radius 1 is 1.10 bits per heavy atom. The summed E-state index contributed by atoms with van der Waals surface area (Å²) in [5.41, 5.74) is 7.34. The smallest absolute Gasteiger partial charge is 0.323 e. The number of hydrogen-bond acceptors (Lipinski definition) is 12. The molecular weight excluding hydrogens is 523 g/mol. The number of nitrogen functional groups attached to an aromatic ring is 1. The van der Waals surface area contributed by atoms with E-state index in [0.717, 1.165) is 37.8 Å². The van der Waals surface area contributed by atoms with Gasteiger partial charge in [0.1, 0.15) is 23.8 Å². The molecule has 1 aliphatic carbocycles. The second-order valence-electron chi connectivity index (χ2n) is 11.9. The van der Waals surface area contributed by atoms with Gasteiger partial charge >= 0.3 is 6.01 Å². The van der Waals surface area contributed by atoms with E-state index in [1.165, 1.54) is 16.2 Å². The fourth-order valence-electron chi connectivity index (χ4n) is 7.51. The maximum absolute atomic E-state index is 14.3. The summed E-state index contributed by atoms with van der Waals surface area (Å²) in [6.45, 7) is 3.52. The predicted octanol–water partition coefficient (Wildman–Crippen LogP) is 0.978.